The largest absolute Gasteiger partial charge is 0.461 e. The minimum absolute atomic E-state index is 0.00906. The van der Waals surface area contributed by atoms with Crippen LogP contribution in [0, 0.1) is 52.3 Å². The Morgan fingerprint density at radius 1 is 1.03 bits per heavy atom. The zero-order chi connectivity index (χ0) is 25.5. The van der Waals surface area contributed by atoms with E-state index in [1.54, 1.807) is 5.57 Å². The number of carbonyl (C=O) groups is 1. The Labute approximate surface area is 221 Å². The first kappa shape index (κ1) is 27.5. The molecule has 0 spiro atoms. The number of fused-ring (bicyclic) bond motifs is 5. The SMILES string of the molecule is CC(C)CCC[C@@H](C)[C@@H]1CC[C@@H]2[C@H]3CC=C4C[C@@H](OC(=O)[C@H](Cl)C(C)C)CC[C@]4(C)[C@@H]3CC[C@@]21C. The zero-order valence-corrected chi connectivity index (χ0v) is 24.5. The van der Waals surface area contributed by atoms with Crippen LogP contribution in [-0.4, -0.2) is 17.5 Å². The van der Waals surface area contributed by atoms with Crippen LogP contribution in [0.4, 0.5) is 0 Å². The van der Waals surface area contributed by atoms with Gasteiger partial charge in [-0.3, -0.25) is 4.79 Å². The summed E-state index contributed by atoms with van der Waals surface area (Å²) in [4.78, 5) is 12.5. The average Bonchev–Trinajstić information content (AvgIpc) is 3.15. The summed E-state index contributed by atoms with van der Waals surface area (Å²) in [7, 11) is 0. The molecule has 4 aliphatic rings. The lowest BCUT2D eigenvalue weighted by Crippen LogP contribution is -2.51. The van der Waals surface area contributed by atoms with Gasteiger partial charge >= 0.3 is 5.97 Å². The topological polar surface area (TPSA) is 26.3 Å². The van der Waals surface area contributed by atoms with Gasteiger partial charge in [-0.25, -0.2) is 0 Å². The van der Waals surface area contributed by atoms with Crippen molar-refractivity contribution in [1.82, 2.24) is 0 Å². The monoisotopic (exact) mass is 504 g/mol. The number of esters is 1. The normalized spacial score (nSPS) is 40.5. The van der Waals surface area contributed by atoms with Gasteiger partial charge in [-0.05, 0) is 97.2 Å². The van der Waals surface area contributed by atoms with Crippen LogP contribution in [-0.2, 0) is 9.53 Å². The molecule has 0 aromatic carbocycles. The second-order valence-electron chi connectivity index (χ2n) is 14.2. The van der Waals surface area contributed by atoms with E-state index < -0.39 is 5.38 Å². The molecule has 2 nitrogen and oxygen atoms in total. The van der Waals surface area contributed by atoms with Crippen molar-refractivity contribution >= 4 is 17.6 Å². The first-order valence-electron chi connectivity index (χ1n) is 15.0. The maximum atomic E-state index is 12.5. The Balaban J connectivity index is 1.43. The molecule has 0 saturated heterocycles. The fraction of sp³-hybridized carbons (Fsp3) is 0.906. The van der Waals surface area contributed by atoms with Crippen LogP contribution in [0.2, 0.25) is 0 Å². The summed E-state index contributed by atoms with van der Waals surface area (Å²) >= 11 is 6.29. The van der Waals surface area contributed by atoms with Crippen molar-refractivity contribution in [2.45, 2.75) is 131 Å². The molecule has 3 fully saturated rings. The summed E-state index contributed by atoms with van der Waals surface area (Å²) in [6.45, 7) is 16.5. The molecule has 0 aromatic rings. The molecular formula is C32H53ClO2. The van der Waals surface area contributed by atoms with E-state index in [-0.39, 0.29) is 18.0 Å². The summed E-state index contributed by atoms with van der Waals surface area (Å²) in [6, 6.07) is 0. The smallest absolute Gasteiger partial charge is 0.324 e. The zero-order valence-electron chi connectivity index (χ0n) is 23.7. The average molecular weight is 505 g/mol. The summed E-state index contributed by atoms with van der Waals surface area (Å²) in [6.07, 6.45) is 16.8. The minimum Gasteiger partial charge on any atom is -0.461 e. The Hall–Kier alpha value is -0.500. The van der Waals surface area contributed by atoms with Gasteiger partial charge in [0.05, 0.1) is 0 Å². The molecule has 0 heterocycles. The van der Waals surface area contributed by atoms with Crippen molar-refractivity contribution in [1.29, 1.82) is 0 Å². The maximum absolute atomic E-state index is 12.5. The molecule has 0 aromatic heterocycles. The van der Waals surface area contributed by atoms with Gasteiger partial charge < -0.3 is 4.74 Å². The third-order valence-corrected chi connectivity index (χ3v) is 12.0. The number of carbonyl (C=O) groups excluding carboxylic acids is 1. The van der Waals surface area contributed by atoms with Crippen LogP contribution in [0.25, 0.3) is 0 Å². The van der Waals surface area contributed by atoms with Crippen LogP contribution in [0.5, 0.6) is 0 Å². The molecule has 4 rings (SSSR count). The Bertz CT molecular complexity index is 786. The highest BCUT2D eigenvalue weighted by Crippen LogP contribution is 2.67. The van der Waals surface area contributed by atoms with Gasteiger partial charge in [0.1, 0.15) is 11.5 Å². The van der Waals surface area contributed by atoms with Crippen LogP contribution in [0.15, 0.2) is 11.6 Å². The van der Waals surface area contributed by atoms with Crippen LogP contribution < -0.4 is 0 Å². The number of ether oxygens (including phenoxy) is 1. The molecular weight excluding hydrogens is 452 g/mol. The maximum Gasteiger partial charge on any atom is 0.324 e. The Morgan fingerprint density at radius 3 is 2.46 bits per heavy atom. The van der Waals surface area contributed by atoms with Crippen molar-refractivity contribution in [3.05, 3.63) is 11.6 Å². The van der Waals surface area contributed by atoms with Crippen LogP contribution >= 0.6 is 11.6 Å². The summed E-state index contributed by atoms with van der Waals surface area (Å²) in [5.74, 6) is 5.05. The van der Waals surface area contributed by atoms with Crippen molar-refractivity contribution in [3.63, 3.8) is 0 Å². The van der Waals surface area contributed by atoms with Gasteiger partial charge in [-0.2, -0.15) is 0 Å². The van der Waals surface area contributed by atoms with E-state index >= 15 is 0 Å². The minimum atomic E-state index is -0.535. The standard InChI is InChI=1S/C32H53ClO2/c1-20(2)9-8-10-22(5)26-13-14-27-25-12-11-23-19-24(35-30(34)29(33)21(3)4)15-17-31(23,6)28(25)16-18-32(26,27)7/h11,20-22,24-29H,8-10,12-19H2,1-7H3/t22-,24+,25-,26+,27-,28-,29-,31+,32-/m1/s1. The lowest BCUT2D eigenvalue weighted by molar-refractivity contribution is -0.151. The number of rotatable bonds is 8. The number of allylic oxidation sites excluding steroid dienone is 1. The van der Waals surface area contributed by atoms with E-state index in [4.69, 9.17) is 16.3 Å². The van der Waals surface area contributed by atoms with Gasteiger partial charge in [0, 0.05) is 6.42 Å². The summed E-state index contributed by atoms with van der Waals surface area (Å²) in [5.41, 5.74) is 2.42. The molecule has 35 heavy (non-hydrogen) atoms. The number of alkyl halides is 1. The quantitative estimate of drug-likeness (QED) is 0.187. The Morgan fingerprint density at radius 2 is 1.77 bits per heavy atom. The Kier molecular flexibility index (Phi) is 8.42. The molecule has 3 heteroatoms. The van der Waals surface area contributed by atoms with E-state index in [0.29, 0.717) is 10.8 Å². The third kappa shape index (κ3) is 5.26. The fourth-order valence-corrected chi connectivity index (χ4v) is 9.31. The number of halogens is 1. The molecule has 4 aliphatic carbocycles. The molecule has 3 saturated carbocycles. The van der Waals surface area contributed by atoms with Gasteiger partial charge in [-0.15, -0.1) is 11.6 Å². The molecule has 0 N–H and O–H groups in total. The molecule has 0 bridgehead atoms. The third-order valence-electron chi connectivity index (χ3n) is 11.4. The molecule has 0 radical (unpaired) electrons. The van der Waals surface area contributed by atoms with E-state index in [9.17, 15) is 4.79 Å². The van der Waals surface area contributed by atoms with E-state index in [0.717, 1.165) is 54.8 Å². The highest BCUT2D eigenvalue weighted by Gasteiger charge is 2.59. The molecule has 0 aliphatic heterocycles. The van der Waals surface area contributed by atoms with Crippen LogP contribution in [0.1, 0.15) is 119 Å². The number of hydrogen-bond acceptors (Lipinski definition) is 2. The van der Waals surface area contributed by atoms with Crippen LogP contribution in [0.3, 0.4) is 0 Å². The van der Waals surface area contributed by atoms with E-state index in [1.165, 1.54) is 51.4 Å². The van der Waals surface area contributed by atoms with Crippen molar-refractivity contribution in [2.24, 2.45) is 52.3 Å². The van der Waals surface area contributed by atoms with Crippen molar-refractivity contribution in [2.75, 3.05) is 0 Å². The first-order valence-corrected chi connectivity index (χ1v) is 15.4. The van der Waals surface area contributed by atoms with Gasteiger partial charge in [0.15, 0.2) is 0 Å². The van der Waals surface area contributed by atoms with E-state index in [1.807, 2.05) is 13.8 Å². The number of hydrogen-bond donors (Lipinski definition) is 0. The lowest BCUT2D eigenvalue weighted by atomic mass is 9.47. The molecule has 9 atom stereocenters. The second kappa shape index (κ2) is 10.7. The second-order valence-corrected chi connectivity index (χ2v) is 14.7. The highest BCUT2D eigenvalue weighted by atomic mass is 35.5. The summed E-state index contributed by atoms with van der Waals surface area (Å²) in [5, 5.41) is -0.535. The molecule has 0 amide bonds. The summed E-state index contributed by atoms with van der Waals surface area (Å²) < 4.78 is 5.91. The first-order chi connectivity index (χ1) is 16.5. The van der Waals surface area contributed by atoms with Crippen molar-refractivity contribution < 1.29 is 9.53 Å². The predicted molar refractivity (Wildman–Crippen MR) is 147 cm³/mol. The predicted octanol–water partition coefficient (Wildman–Crippen LogP) is 9.20. The lowest BCUT2D eigenvalue weighted by Gasteiger charge is -2.58. The van der Waals surface area contributed by atoms with Gasteiger partial charge in [-0.1, -0.05) is 79.4 Å². The molecule has 0 unspecified atom stereocenters. The fourth-order valence-electron chi connectivity index (χ4n) is 9.25. The van der Waals surface area contributed by atoms with Gasteiger partial charge in [0.2, 0.25) is 0 Å². The van der Waals surface area contributed by atoms with E-state index in [2.05, 4.69) is 40.7 Å². The van der Waals surface area contributed by atoms with Gasteiger partial charge in [0.25, 0.3) is 0 Å². The highest BCUT2D eigenvalue weighted by molar-refractivity contribution is 6.30. The molecule has 200 valence electrons. The van der Waals surface area contributed by atoms with Crippen molar-refractivity contribution in [3.8, 4) is 0 Å².